The number of carbonyl (C=O) groups excluding carboxylic acids is 1. The fourth-order valence-corrected chi connectivity index (χ4v) is 3.19. The minimum Gasteiger partial charge on any atom is -0.339 e. The van der Waals surface area contributed by atoms with Crippen LogP contribution in [0.25, 0.3) is 10.2 Å². The fraction of sp³-hybridized carbons (Fsp3) is 0.462. The Morgan fingerprint density at radius 3 is 2.95 bits per heavy atom. The first kappa shape index (κ1) is 13.3. The molecule has 0 spiro atoms. The van der Waals surface area contributed by atoms with Gasteiger partial charge in [0.25, 0.3) is 5.56 Å². The van der Waals surface area contributed by atoms with Gasteiger partial charge in [0.1, 0.15) is 11.4 Å². The number of rotatable bonds is 2. The lowest BCUT2D eigenvalue weighted by molar-refractivity contribution is -0.132. The second kappa shape index (κ2) is 5.34. The summed E-state index contributed by atoms with van der Waals surface area (Å²) >= 11 is 1.49. The molecule has 0 atom stereocenters. The van der Waals surface area contributed by atoms with Gasteiger partial charge in [-0.3, -0.25) is 14.2 Å². The van der Waals surface area contributed by atoms with E-state index in [9.17, 15) is 9.59 Å². The molecule has 0 unspecified atom stereocenters. The number of hydrogen-bond acceptors (Lipinski definition) is 5. The van der Waals surface area contributed by atoms with Crippen molar-refractivity contribution in [2.24, 2.45) is 0 Å². The molecule has 1 aliphatic rings. The molecule has 0 aromatic carbocycles. The van der Waals surface area contributed by atoms with Crippen LogP contribution >= 0.6 is 11.3 Å². The van der Waals surface area contributed by atoms with Crippen LogP contribution in [0.2, 0.25) is 0 Å². The van der Waals surface area contributed by atoms with Gasteiger partial charge in [-0.05, 0) is 13.0 Å². The van der Waals surface area contributed by atoms with Crippen molar-refractivity contribution >= 4 is 27.5 Å². The molecule has 6 nitrogen and oxygen atoms in total. The molecule has 3 rings (SSSR count). The second-order valence-electron chi connectivity index (χ2n) is 4.88. The van der Waals surface area contributed by atoms with E-state index in [2.05, 4.69) is 10.3 Å². The van der Waals surface area contributed by atoms with Gasteiger partial charge in [0.15, 0.2) is 0 Å². The molecule has 0 aliphatic carbocycles. The van der Waals surface area contributed by atoms with E-state index >= 15 is 0 Å². The van der Waals surface area contributed by atoms with Crippen molar-refractivity contribution in [1.29, 1.82) is 0 Å². The number of amides is 1. The molecule has 1 N–H and O–H groups in total. The molecular weight excluding hydrogens is 276 g/mol. The lowest BCUT2D eigenvalue weighted by Gasteiger charge is -2.27. The molecule has 7 heteroatoms. The average Bonchev–Trinajstić information content (AvgIpc) is 2.84. The molecule has 1 saturated heterocycles. The van der Waals surface area contributed by atoms with Crippen molar-refractivity contribution in [2.75, 3.05) is 26.2 Å². The first-order valence-corrected chi connectivity index (χ1v) is 7.41. The number of nitrogens with one attached hydrogen (secondary N) is 1. The Morgan fingerprint density at radius 2 is 2.20 bits per heavy atom. The van der Waals surface area contributed by atoms with Gasteiger partial charge in [-0.1, -0.05) is 0 Å². The Bertz CT molecular complexity index is 700. The molecular formula is C13H16N4O2S. The monoisotopic (exact) mass is 292 g/mol. The first-order valence-electron chi connectivity index (χ1n) is 6.59. The van der Waals surface area contributed by atoms with Gasteiger partial charge in [-0.2, -0.15) is 0 Å². The Balaban J connectivity index is 1.85. The van der Waals surface area contributed by atoms with Crippen LogP contribution in [0.4, 0.5) is 0 Å². The smallest absolute Gasteiger partial charge is 0.262 e. The van der Waals surface area contributed by atoms with Gasteiger partial charge in [0.05, 0.1) is 11.7 Å². The van der Waals surface area contributed by atoms with Crippen molar-refractivity contribution in [3.8, 4) is 0 Å². The topological polar surface area (TPSA) is 67.2 Å². The van der Waals surface area contributed by atoms with Crippen molar-refractivity contribution in [2.45, 2.75) is 13.5 Å². The van der Waals surface area contributed by atoms with Gasteiger partial charge in [0, 0.05) is 31.1 Å². The molecule has 3 heterocycles. The minimum absolute atomic E-state index is 0.0262. The maximum absolute atomic E-state index is 12.3. The number of piperazine rings is 1. The summed E-state index contributed by atoms with van der Waals surface area (Å²) in [7, 11) is 0. The third kappa shape index (κ3) is 2.46. The molecule has 20 heavy (non-hydrogen) atoms. The van der Waals surface area contributed by atoms with E-state index in [1.54, 1.807) is 4.90 Å². The summed E-state index contributed by atoms with van der Waals surface area (Å²) in [5.41, 5.74) is -0.136. The molecule has 2 aromatic rings. The van der Waals surface area contributed by atoms with Gasteiger partial charge >= 0.3 is 0 Å². The van der Waals surface area contributed by atoms with Gasteiger partial charge < -0.3 is 10.2 Å². The summed E-state index contributed by atoms with van der Waals surface area (Å²) in [6.07, 6.45) is 1.47. The summed E-state index contributed by atoms with van der Waals surface area (Å²) in [5, 5.41) is 3.80. The molecule has 0 bridgehead atoms. The van der Waals surface area contributed by atoms with Crippen LogP contribution in [-0.2, 0) is 11.3 Å². The second-order valence-corrected chi connectivity index (χ2v) is 6.12. The van der Waals surface area contributed by atoms with Crippen molar-refractivity contribution < 1.29 is 4.79 Å². The zero-order valence-corrected chi connectivity index (χ0v) is 12.1. The predicted molar refractivity (Wildman–Crippen MR) is 78.1 cm³/mol. The third-order valence-electron chi connectivity index (χ3n) is 3.42. The number of nitrogens with zero attached hydrogens (tertiary/aromatic N) is 3. The van der Waals surface area contributed by atoms with Gasteiger partial charge in [-0.15, -0.1) is 11.3 Å². The minimum atomic E-state index is -0.136. The van der Waals surface area contributed by atoms with Crippen LogP contribution in [-0.4, -0.2) is 46.5 Å². The van der Waals surface area contributed by atoms with Crippen LogP contribution in [0.3, 0.4) is 0 Å². The van der Waals surface area contributed by atoms with E-state index in [1.807, 2.05) is 13.0 Å². The van der Waals surface area contributed by atoms with Crippen LogP contribution in [0.5, 0.6) is 0 Å². The predicted octanol–water partition coefficient (Wildman–Crippen LogP) is 0.198. The number of aromatic nitrogens is 2. The zero-order valence-electron chi connectivity index (χ0n) is 11.3. The van der Waals surface area contributed by atoms with Crippen molar-refractivity contribution in [3.63, 3.8) is 0 Å². The highest BCUT2D eigenvalue weighted by molar-refractivity contribution is 7.18. The Labute approximate surface area is 120 Å². The molecule has 1 fully saturated rings. The number of thiophene rings is 1. The quantitative estimate of drug-likeness (QED) is 0.858. The summed E-state index contributed by atoms with van der Waals surface area (Å²) in [6.45, 7) is 5.02. The lowest BCUT2D eigenvalue weighted by atomic mass is 10.3. The van der Waals surface area contributed by atoms with Crippen molar-refractivity contribution in [3.05, 3.63) is 27.6 Å². The summed E-state index contributed by atoms with van der Waals surface area (Å²) in [5.74, 6) is -0.0262. The SMILES string of the molecule is Cc1cc2c(=O)n(CC(=O)N3CCNCC3)cnc2s1. The molecule has 106 valence electrons. The van der Waals surface area contributed by atoms with Gasteiger partial charge in [-0.25, -0.2) is 4.98 Å². The summed E-state index contributed by atoms with van der Waals surface area (Å²) in [6, 6.07) is 1.83. The van der Waals surface area contributed by atoms with Gasteiger partial charge in [0.2, 0.25) is 5.91 Å². The number of aryl methyl sites for hydroxylation is 1. The highest BCUT2D eigenvalue weighted by Crippen LogP contribution is 2.19. The molecule has 1 amide bonds. The maximum Gasteiger partial charge on any atom is 0.262 e. The lowest BCUT2D eigenvalue weighted by Crippen LogP contribution is -2.48. The zero-order chi connectivity index (χ0) is 14.1. The highest BCUT2D eigenvalue weighted by Gasteiger charge is 2.17. The Kier molecular flexibility index (Phi) is 3.54. The van der Waals surface area contributed by atoms with E-state index in [4.69, 9.17) is 0 Å². The fourth-order valence-electron chi connectivity index (χ4n) is 2.35. The van der Waals surface area contributed by atoms with Crippen LogP contribution in [0.15, 0.2) is 17.2 Å². The molecule has 2 aromatic heterocycles. The normalized spacial score (nSPS) is 15.8. The van der Waals surface area contributed by atoms with E-state index in [-0.39, 0.29) is 18.0 Å². The van der Waals surface area contributed by atoms with Crippen LogP contribution in [0, 0.1) is 6.92 Å². The Hall–Kier alpha value is -1.73. The summed E-state index contributed by atoms with van der Waals surface area (Å²) < 4.78 is 1.40. The van der Waals surface area contributed by atoms with Crippen molar-refractivity contribution in [1.82, 2.24) is 19.8 Å². The number of hydrogen-bond donors (Lipinski definition) is 1. The molecule has 0 saturated carbocycles. The standard InChI is InChI=1S/C13H16N4O2S/c1-9-6-10-12(20-9)15-8-17(13(10)19)7-11(18)16-4-2-14-3-5-16/h6,8,14H,2-5,7H2,1H3. The van der Waals surface area contributed by atoms with E-state index in [1.165, 1.54) is 22.2 Å². The summed E-state index contributed by atoms with van der Waals surface area (Å²) in [4.78, 5) is 32.3. The van der Waals surface area contributed by atoms with E-state index in [0.29, 0.717) is 18.5 Å². The number of carbonyl (C=O) groups is 1. The van der Waals surface area contributed by atoms with Crippen LogP contribution < -0.4 is 10.9 Å². The van der Waals surface area contributed by atoms with E-state index < -0.39 is 0 Å². The van der Waals surface area contributed by atoms with Crippen LogP contribution in [0.1, 0.15) is 4.88 Å². The maximum atomic E-state index is 12.3. The first-order chi connectivity index (χ1) is 9.65. The Morgan fingerprint density at radius 1 is 1.45 bits per heavy atom. The average molecular weight is 292 g/mol. The third-order valence-corrected chi connectivity index (χ3v) is 4.38. The highest BCUT2D eigenvalue weighted by atomic mass is 32.1. The largest absolute Gasteiger partial charge is 0.339 e. The number of fused-ring (bicyclic) bond motifs is 1. The van der Waals surface area contributed by atoms with E-state index in [0.717, 1.165) is 22.8 Å². The molecule has 1 aliphatic heterocycles. The molecule has 0 radical (unpaired) electrons.